The maximum absolute atomic E-state index is 4.57. The van der Waals surface area contributed by atoms with Crippen molar-refractivity contribution in [1.29, 1.82) is 0 Å². The third-order valence-corrected chi connectivity index (χ3v) is 4.50. The van der Waals surface area contributed by atoms with Gasteiger partial charge in [0.15, 0.2) is 5.17 Å². The molecule has 0 aliphatic carbocycles. The molecule has 0 aliphatic heterocycles. The molecule has 1 aromatic heterocycles. The van der Waals surface area contributed by atoms with Crippen molar-refractivity contribution >= 4 is 50.6 Å². The second-order valence-corrected chi connectivity index (χ2v) is 7.35. The first kappa shape index (κ1) is 20.5. The van der Waals surface area contributed by atoms with Gasteiger partial charge < -0.3 is 10.6 Å². The minimum absolute atomic E-state index is 0.561. The Kier molecular flexibility index (Phi) is 8.64. The molecule has 0 fully saturated rings. The first-order valence-electron chi connectivity index (χ1n) is 8.50. The number of hydrogen-bond donors (Lipinski definition) is 2. The second kappa shape index (κ2) is 11.0. The first-order valence-corrected chi connectivity index (χ1v) is 10.5. The van der Waals surface area contributed by atoms with Gasteiger partial charge in [0.2, 0.25) is 5.95 Å². The van der Waals surface area contributed by atoms with Crippen LogP contribution in [-0.4, -0.2) is 27.9 Å². The van der Waals surface area contributed by atoms with Gasteiger partial charge in [-0.25, -0.2) is 9.97 Å². The molecule has 0 unspecified atom stereocenters. The van der Waals surface area contributed by atoms with E-state index in [1.807, 2.05) is 49.6 Å². The summed E-state index contributed by atoms with van der Waals surface area (Å²) in [5.41, 5.74) is 2.75. The topological polar surface area (TPSA) is 62.2 Å². The van der Waals surface area contributed by atoms with E-state index in [4.69, 9.17) is 0 Å². The van der Waals surface area contributed by atoms with Gasteiger partial charge in [0, 0.05) is 28.6 Å². The molecule has 2 aromatic rings. The highest BCUT2D eigenvalue weighted by molar-refractivity contribution is 9.10. The lowest BCUT2D eigenvalue weighted by atomic mass is 10.3. The van der Waals surface area contributed by atoms with Crippen molar-refractivity contribution in [1.82, 2.24) is 15.3 Å². The summed E-state index contributed by atoms with van der Waals surface area (Å²) in [6.07, 6.45) is 8.01. The fourth-order valence-electron chi connectivity index (χ4n) is 2.13. The average Bonchev–Trinajstić information content (AvgIpc) is 2.61. The van der Waals surface area contributed by atoms with Gasteiger partial charge in [-0.3, -0.25) is 4.99 Å². The number of rotatable bonds is 7. The molecule has 0 atom stereocenters. The van der Waals surface area contributed by atoms with Crippen molar-refractivity contribution in [3.05, 3.63) is 52.4 Å². The molecule has 0 aliphatic rings. The number of aliphatic imine (C=N–C) groups is 1. The summed E-state index contributed by atoms with van der Waals surface area (Å²) in [6.45, 7) is 5.03. The van der Waals surface area contributed by atoms with Crippen LogP contribution in [0.15, 0.2) is 51.7 Å². The number of anilines is 2. The van der Waals surface area contributed by atoms with Gasteiger partial charge in [0.1, 0.15) is 0 Å². The number of aromatic nitrogens is 2. The summed E-state index contributed by atoms with van der Waals surface area (Å²) in [5, 5.41) is 7.48. The Bertz CT molecular complexity index is 776. The van der Waals surface area contributed by atoms with Crippen LogP contribution in [0.1, 0.15) is 32.4 Å². The highest BCUT2D eigenvalue weighted by atomic mass is 79.9. The zero-order valence-corrected chi connectivity index (χ0v) is 17.7. The van der Waals surface area contributed by atoms with Crippen molar-refractivity contribution in [3.63, 3.8) is 0 Å². The molecule has 0 bridgehead atoms. The summed E-state index contributed by atoms with van der Waals surface area (Å²) in [5.74, 6) is 0.561. The van der Waals surface area contributed by atoms with Crippen molar-refractivity contribution in [2.24, 2.45) is 4.99 Å². The molecule has 26 heavy (non-hydrogen) atoms. The first-order chi connectivity index (χ1) is 12.6. The smallest absolute Gasteiger partial charge is 0.227 e. The van der Waals surface area contributed by atoms with E-state index in [2.05, 4.69) is 48.4 Å². The lowest BCUT2D eigenvalue weighted by Crippen LogP contribution is -2.18. The van der Waals surface area contributed by atoms with Gasteiger partial charge in [-0.15, -0.1) is 0 Å². The Hall–Kier alpha value is -1.86. The van der Waals surface area contributed by atoms with E-state index in [0.717, 1.165) is 46.1 Å². The number of amidine groups is 1. The monoisotopic (exact) mass is 433 g/mol. The molecule has 0 saturated carbocycles. The number of benzene rings is 1. The fourth-order valence-corrected chi connectivity index (χ4v) is 3.01. The molecular formula is C19H24BrN5S. The van der Waals surface area contributed by atoms with Gasteiger partial charge in [-0.2, -0.15) is 0 Å². The number of hydrogen-bond acceptors (Lipinski definition) is 5. The number of unbranched alkanes of at least 4 members (excludes halogenated alkanes) is 1. The van der Waals surface area contributed by atoms with E-state index >= 15 is 0 Å². The standard InChI is InChI=1S/C19H24BrN5S/c1-4-5-10-22-19(26-3)23-14(2)12-17-9-11-21-18(25-17)24-16-8-6-7-15(20)13-16/h6-9,11-13H,4-5,10H2,1-3H3,(H,22,23)(H,21,24,25)/b14-12+. The van der Waals surface area contributed by atoms with Crippen molar-refractivity contribution < 1.29 is 0 Å². The Balaban J connectivity index is 2.06. The lowest BCUT2D eigenvalue weighted by molar-refractivity contribution is 0.806. The Morgan fingerprint density at radius 2 is 2.19 bits per heavy atom. The Morgan fingerprint density at radius 1 is 1.35 bits per heavy atom. The van der Waals surface area contributed by atoms with E-state index in [1.54, 1.807) is 18.0 Å². The van der Waals surface area contributed by atoms with Crippen LogP contribution in [0.4, 0.5) is 11.6 Å². The molecule has 138 valence electrons. The van der Waals surface area contributed by atoms with Crippen LogP contribution in [-0.2, 0) is 0 Å². The molecule has 2 N–H and O–H groups in total. The Morgan fingerprint density at radius 3 is 2.92 bits per heavy atom. The molecule has 7 heteroatoms. The van der Waals surface area contributed by atoms with Crippen LogP contribution in [0.2, 0.25) is 0 Å². The lowest BCUT2D eigenvalue weighted by Gasteiger charge is -2.09. The van der Waals surface area contributed by atoms with E-state index in [-0.39, 0.29) is 0 Å². The molecular weight excluding hydrogens is 410 g/mol. The molecule has 5 nitrogen and oxygen atoms in total. The summed E-state index contributed by atoms with van der Waals surface area (Å²) in [7, 11) is 0. The molecule has 0 saturated heterocycles. The second-order valence-electron chi connectivity index (χ2n) is 5.64. The van der Waals surface area contributed by atoms with Crippen molar-refractivity contribution in [2.75, 3.05) is 18.1 Å². The summed E-state index contributed by atoms with van der Waals surface area (Å²) in [6, 6.07) is 9.78. The number of nitrogens with one attached hydrogen (secondary N) is 2. The van der Waals surface area contributed by atoms with Crippen LogP contribution in [0.3, 0.4) is 0 Å². The average molecular weight is 434 g/mol. The van der Waals surface area contributed by atoms with Crippen LogP contribution >= 0.6 is 27.7 Å². The Labute approximate surface area is 168 Å². The summed E-state index contributed by atoms with van der Waals surface area (Å²) in [4.78, 5) is 13.4. The predicted molar refractivity (Wildman–Crippen MR) is 117 cm³/mol. The number of halogens is 1. The molecule has 1 heterocycles. The van der Waals surface area contributed by atoms with Crippen LogP contribution in [0.25, 0.3) is 6.08 Å². The van der Waals surface area contributed by atoms with Crippen LogP contribution in [0.5, 0.6) is 0 Å². The van der Waals surface area contributed by atoms with Gasteiger partial charge in [-0.1, -0.05) is 47.1 Å². The largest absolute Gasteiger partial charge is 0.339 e. The predicted octanol–water partition coefficient (Wildman–Crippen LogP) is 5.45. The normalized spacial score (nSPS) is 12.2. The molecule has 0 spiro atoms. The summed E-state index contributed by atoms with van der Waals surface area (Å²) >= 11 is 5.08. The van der Waals surface area contributed by atoms with E-state index in [9.17, 15) is 0 Å². The van der Waals surface area contributed by atoms with Crippen molar-refractivity contribution in [3.8, 4) is 0 Å². The zero-order chi connectivity index (χ0) is 18.8. The van der Waals surface area contributed by atoms with Crippen LogP contribution in [0, 0.1) is 0 Å². The van der Waals surface area contributed by atoms with Gasteiger partial charge in [0.25, 0.3) is 0 Å². The van der Waals surface area contributed by atoms with Crippen LogP contribution < -0.4 is 10.6 Å². The summed E-state index contributed by atoms with van der Waals surface area (Å²) < 4.78 is 1.01. The quantitative estimate of drug-likeness (QED) is 0.345. The minimum Gasteiger partial charge on any atom is -0.339 e. The van der Waals surface area contributed by atoms with Gasteiger partial charge in [-0.05, 0) is 49.9 Å². The highest BCUT2D eigenvalue weighted by Gasteiger charge is 2.02. The van der Waals surface area contributed by atoms with E-state index in [0.29, 0.717) is 5.95 Å². The maximum atomic E-state index is 4.57. The molecule has 1 aromatic carbocycles. The SMILES string of the molecule is CCCCN=C(N/C(C)=C/c1ccnc(Nc2cccc(Br)c2)n1)SC. The number of nitrogens with zero attached hydrogens (tertiary/aromatic N) is 3. The molecule has 2 rings (SSSR count). The molecule has 0 radical (unpaired) electrons. The van der Waals surface area contributed by atoms with Gasteiger partial charge >= 0.3 is 0 Å². The maximum Gasteiger partial charge on any atom is 0.227 e. The highest BCUT2D eigenvalue weighted by Crippen LogP contribution is 2.18. The minimum atomic E-state index is 0.561. The van der Waals surface area contributed by atoms with E-state index in [1.165, 1.54) is 0 Å². The zero-order valence-electron chi connectivity index (χ0n) is 15.3. The third-order valence-electron chi connectivity index (χ3n) is 3.39. The number of thioether (sulfide) groups is 1. The fraction of sp³-hybridized carbons (Fsp3) is 0.316. The van der Waals surface area contributed by atoms with Crippen molar-refractivity contribution in [2.45, 2.75) is 26.7 Å². The molecule has 0 amide bonds. The third kappa shape index (κ3) is 7.17. The van der Waals surface area contributed by atoms with E-state index < -0.39 is 0 Å². The number of allylic oxidation sites excluding steroid dienone is 1. The van der Waals surface area contributed by atoms with Gasteiger partial charge in [0.05, 0.1) is 5.69 Å².